The SMILES string of the molecule is C=C1C(=O)OC2C=C(C)CCC=C(C(=O)OC(C)C(C)(O)C(=O)OC3C(C(=O)OC)=CCCC4(C)OC4C4OC(=O)C(=C)C4C3OC(C)=O)CC(OC(=O)C(C)=CC)C12. The molecular weight excluding hydrogens is 772 g/mol. The van der Waals surface area contributed by atoms with Crippen LogP contribution in [0.1, 0.15) is 80.6 Å². The van der Waals surface area contributed by atoms with E-state index in [2.05, 4.69) is 13.2 Å². The van der Waals surface area contributed by atoms with Crippen LogP contribution in [0.15, 0.2) is 70.9 Å². The van der Waals surface area contributed by atoms with E-state index >= 15 is 0 Å². The molecule has 1 N–H and O–H groups in total. The van der Waals surface area contributed by atoms with Crippen molar-refractivity contribution in [2.75, 3.05) is 7.11 Å². The van der Waals surface area contributed by atoms with Gasteiger partial charge in [0.1, 0.15) is 30.5 Å². The predicted molar refractivity (Wildman–Crippen MR) is 204 cm³/mol. The summed E-state index contributed by atoms with van der Waals surface area (Å²) in [5.74, 6) is -8.41. The molecule has 0 radical (unpaired) electrons. The van der Waals surface area contributed by atoms with Gasteiger partial charge in [0.15, 0.2) is 17.8 Å². The number of hydrogen-bond acceptors (Lipinski definition) is 16. The van der Waals surface area contributed by atoms with Crippen LogP contribution in [0.3, 0.4) is 0 Å². The van der Waals surface area contributed by atoms with E-state index in [-0.39, 0.29) is 40.7 Å². The van der Waals surface area contributed by atoms with Crippen LogP contribution in [0.5, 0.6) is 0 Å². The molecule has 3 saturated heterocycles. The van der Waals surface area contributed by atoms with Crippen LogP contribution in [0.2, 0.25) is 0 Å². The Bertz CT molecular complexity index is 1950. The minimum Gasteiger partial charge on any atom is -0.466 e. The molecule has 5 aliphatic rings. The first-order valence-electron chi connectivity index (χ1n) is 19.4. The number of ether oxygens (including phenoxy) is 8. The van der Waals surface area contributed by atoms with Crippen molar-refractivity contribution in [3.05, 3.63) is 70.9 Å². The highest BCUT2D eigenvalue weighted by Crippen LogP contribution is 2.51. The highest BCUT2D eigenvalue weighted by atomic mass is 16.7. The predicted octanol–water partition coefficient (Wildman–Crippen LogP) is 3.69. The van der Waals surface area contributed by atoms with Gasteiger partial charge in [0, 0.05) is 35.6 Å². The Labute approximate surface area is 342 Å². The molecular formula is C43H52O16. The van der Waals surface area contributed by atoms with Gasteiger partial charge in [-0.05, 0) is 73.3 Å². The van der Waals surface area contributed by atoms with Crippen LogP contribution in [-0.4, -0.2) is 108 Å². The van der Waals surface area contributed by atoms with E-state index in [0.717, 1.165) is 26.5 Å². The van der Waals surface area contributed by atoms with Crippen molar-refractivity contribution in [1.29, 1.82) is 0 Å². The summed E-state index contributed by atoms with van der Waals surface area (Å²) in [7, 11) is 1.09. The lowest BCUT2D eigenvalue weighted by atomic mass is 9.80. The third-order valence-corrected chi connectivity index (χ3v) is 11.6. The summed E-state index contributed by atoms with van der Waals surface area (Å²) in [4.78, 5) is 92.8. The molecule has 59 heavy (non-hydrogen) atoms. The first kappa shape index (κ1) is 44.7. The highest BCUT2D eigenvalue weighted by Gasteiger charge is 2.65. The fraction of sp³-hybridized carbons (Fsp3) is 0.558. The molecule has 0 amide bonds. The summed E-state index contributed by atoms with van der Waals surface area (Å²) in [6.45, 7) is 17.9. The van der Waals surface area contributed by atoms with Gasteiger partial charge in [-0.25, -0.2) is 28.8 Å². The number of hydrogen-bond donors (Lipinski definition) is 1. The van der Waals surface area contributed by atoms with E-state index in [1.807, 2.05) is 6.92 Å². The lowest BCUT2D eigenvalue weighted by Gasteiger charge is -2.36. The van der Waals surface area contributed by atoms with Crippen molar-refractivity contribution in [3.8, 4) is 0 Å². The fourth-order valence-corrected chi connectivity index (χ4v) is 7.71. The fourth-order valence-electron chi connectivity index (χ4n) is 7.71. The first-order chi connectivity index (χ1) is 27.6. The van der Waals surface area contributed by atoms with Crippen molar-refractivity contribution in [3.63, 3.8) is 0 Å². The Balaban J connectivity index is 1.45. The van der Waals surface area contributed by atoms with Crippen molar-refractivity contribution < 1.29 is 76.6 Å². The van der Waals surface area contributed by atoms with Gasteiger partial charge in [-0.1, -0.05) is 37.0 Å². The molecule has 16 nitrogen and oxygen atoms in total. The zero-order valence-corrected chi connectivity index (χ0v) is 34.5. The zero-order chi connectivity index (χ0) is 43.7. The van der Waals surface area contributed by atoms with E-state index in [1.165, 1.54) is 13.0 Å². The van der Waals surface area contributed by atoms with Gasteiger partial charge >= 0.3 is 41.8 Å². The van der Waals surface area contributed by atoms with Crippen LogP contribution in [0.25, 0.3) is 0 Å². The van der Waals surface area contributed by atoms with E-state index in [1.54, 1.807) is 39.0 Å². The molecule has 3 aliphatic heterocycles. The number of aliphatic hydroxyl groups is 1. The second kappa shape index (κ2) is 17.5. The quantitative estimate of drug-likeness (QED) is 0.115. The molecule has 16 heteroatoms. The van der Waals surface area contributed by atoms with Crippen molar-refractivity contribution in [1.82, 2.24) is 0 Å². The van der Waals surface area contributed by atoms with E-state index in [0.29, 0.717) is 19.3 Å². The zero-order valence-electron chi connectivity index (χ0n) is 34.5. The Morgan fingerprint density at radius 1 is 0.983 bits per heavy atom. The third-order valence-electron chi connectivity index (χ3n) is 11.6. The van der Waals surface area contributed by atoms with Crippen LogP contribution < -0.4 is 0 Å². The van der Waals surface area contributed by atoms with Gasteiger partial charge in [-0.15, -0.1) is 0 Å². The smallest absolute Gasteiger partial charge is 0.342 e. The van der Waals surface area contributed by atoms with Gasteiger partial charge in [0.05, 0.1) is 30.1 Å². The molecule has 0 spiro atoms. The lowest BCUT2D eigenvalue weighted by Crippen LogP contribution is -2.53. The van der Waals surface area contributed by atoms with E-state index in [9.17, 15) is 38.7 Å². The molecule has 0 saturated carbocycles. The van der Waals surface area contributed by atoms with Crippen molar-refractivity contribution >= 4 is 41.8 Å². The van der Waals surface area contributed by atoms with Crippen LogP contribution >= 0.6 is 0 Å². The number of rotatable bonds is 9. The summed E-state index contributed by atoms with van der Waals surface area (Å²) < 4.78 is 45.3. The summed E-state index contributed by atoms with van der Waals surface area (Å²) in [5.41, 5.74) is -2.60. The Morgan fingerprint density at radius 2 is 1.64 bits per heavy atom. The van der Waals surface area contributed by atoms with Gasteiger partial charge in [-0.3, -0.25) is 4.79 Å². The number of carbonyl (C=O) groups excluding carboxylic acids is 7. The maximum Gasteiger partial charge on any atom is 0.342 e. The summed E-state index contributed by atoms with van der Waals surface area (Å²) in [5, 5.41) is 11.8. The maximum absolute atomic E-state index is 14.1. The van der Waals surface area contributed by atoms with Gasteiger partial charge < -0.3 is 43.0 Å². The maximum atomic E-state index is 14.1. The average molecular weight is 825 g/mol. The Morgan fingerprint density at radius 3 is 2.29 bits per heavy atom. The number of epoxide rings is 1. The first-order valence-corrected chi connectivity index (χ1v) is 19.4. The lowest BCUT2D eigenvalue weighted by molar-refractivity contribution is -0.194. The molecule has 0 aromatic heterocycles. The standard InChI is InChI=1S/C43H52O16/c1-11-21(3)36(45)55-29-19-26(15-12-14-20(2)18-28-30(29)22(4)37(46)56-28)39(48)53-24(6)43(9,51)41(50)58-32-27(40(49)52-10)16-13-17-42(8)35(59-42)34-31(23(5)38(47)57-34)33(32)54-25(7)44/h11,15-16,18,24,28-35,51H,4-5,12-14,17,19H2,1-3,6-10H3. The van der Waals surface area contributed by atoms with Crippen LogP contribution in [0, 0.1) is 11.8 Å². The Kier molecular flexibility index (Phi) is 13.3. The monoisotopic (exact) mass is 824 g/mol. The largest absolute Gasteiger partial charge is 0.466 e. The summed E-state index contributed by atoms with van der Waals surface area (Å²) in [6, 6.07) is 0. The second-order valence-corrected chi connectivity index (χ2v) is 15.9. The number of carbonyl (C=O) groups is 7. The minimum atomic E-state index is -2.63. The van der Waals surface area contributed by atoms with Crippen molar-refractivity contribution in [2.24, 2.45) is 11.8 Å². The summed E-state index contributed by atoms with van der Waals surface area (Å²) >= 11 is 0. The van der Waals surface area contributed by atoms with Crippen molar-refractivity contribution in [2.45, 2.75) is 135 Å². The number of fused-ring (bicyclic) bond motifs is 4. The molecule has 320 valence electrons. The molecule has 11 unspecified atom stereocenters. The number of allylic oxidation sites excluding steroid dienone is 4. The minimum absolute atomic E-state index is 0.0143. The topological polar surface area (TPSA) is 217 Å². The summed E-state index contributed by atoms with van der Waals surface area (Å²) in [6.07, 6.45) is -1.23. The van der Waals surface area contributed by atoms with Gasteiger partial charge in [0.25, 0.3) is 0 Å². The molecule has 11 atom stereocenters. The van der Waals surface area contributed by atoms with Gasteiger partial charge in [-0.2, -0.15) is 0 Å². The Hall–Kier alpha value is -5.35. The molecule has 3 heterocycles. The molecule has 0 aromatic rings. The average Bonchev–Trinajstić information content (AvgIpc) is 3.64. The number of methoxy groups -OCH3 is 1. The molecule has 5 rings (SSSR count). The van der Waals surface area contributed by atoms with Crippen LogP contribution in [-0.2, 0) is 71.5 Å². The third kappa shape index (κ3) is 9.28. The second-order valence-electron chi connectivity index (χ2n) is 15.9. The molecule has 0 bridgehead atoms. The molecule has 3 fully saturated rings. The number of esters is 7. The highest BCUT2D eigenvalue weighted by molar-refractivity contribution is 5.94. The van der Waals surface area contributed by atoms with E-state index in [4.69, 9.17) is 37.9 Å². The normalized spacial score (nSPS) is 32.4. The molecule has 0 aromatic carbocycles. The van der Waals surface area contributed by atoms with Gasteiger partial charge in [0.2, 0.25) is 0 Å². The van der Waals surface area contributed by atoms with Crippen LogP contribution in [0.4, 0.5) is 0 Å². The molecule has 2 aliphatic carbocycles. The van der Waals surface area contributed by atoms with E-state index < -0.39 is 108 Å².